The largest absolute Gasteiger partial charge is 0.505 e. The number of aromatic hydroxyl groups is 1. The van der Waals surface area contributed by atoms with Crippen LogP contribution in [0, 0.1) is 11.2 Å². The maximum atomic E-state index is 13.1. The molecule has 1 aromatic carbocycles. The van der Waals surface area contributed by atoms with Crippen molar-refractivity contribution in [2.75, 3.05) is 27.2 Å². The van der Waals surface area contributed by atoms with Gasteiger partial charge in [-0.3, -0.25) is 0 Å². The van der Waals surface area contributed by atoms with Crippen LogP contribution in [0.4, 0.5) is 4.39 Å². The van der Waals surface area contributed by atoms with E-state index in [0.29, 0.717) is 6.54 Å². The van der Waals surface area contributed by atoms with Crippen molar-refractivity contribution in [3.05, 3.63) is 29.6 Å². The molecular formula is C14H23FN2O. The van der Waals surface area contributed by atoms with Crippen LogP contribution in [0.15, 0.2) is 18.2 Å². The molecule has 0 spiro atoms. The monoisotopic (exact) mass is 254 g/mol. The van der Waals surface area contributed by atoms with E-state index in [9.17, 15) is 4.39 Å². The highest BCUT2D eigenvalue weighted by Gasteiger charge is 2.18. The lowest BCUT2D eigenvalue weighted by Crippen LogP contribution is -2.37. The maximum Gasteiger partial charge on any atom is 0.165 e. The second-order valence-corrected chi connectivity index (χ2v) is 5.79. The first-order valence-electron chi connectivity index (χ1n) is 6.13. The predicted octanol–water partition coefficient (Wildman–Crippen LogP) is 2.21. The number of phenols is 1. The zero-order valence-corrected chi connectivity index (χ0v) is 11.6. The van der Waals surface area contributed by atoms with Crippen LogP contribution in [0.5, 0.6) is 5.75 Å². The normalized spacial score (nSPS) is 12.1. The molecular weight excluding hydrogens is 231 g/mol. The predicted molar refractivity (Wildman–Crippen MR) is 72.1 cm³/mol. The Bertz CT molecular complexity index is 391. The Kier molecular flexibility index (Phi) is 5.11. The molecule has 3 nitrogen and oxygen atoms in total. The van der Waals surface area contributed by atoms with Crippen molar-refractivity contribution in [2.24, 2.45) is 5.41 Å². The average Bonchev–Trinajstić information content (AvgIpc) is 2.21. The van der Waals surface area contributed by atoms with Gasteiger partial charge in [0.25, 0.3) is 0 Å². The van der Waals surface area contributed by atoms with Crippen molar-refractivity contribution in [3.63, 3.8) is 0 Å². The summed E-state index contributed by atoms with van der Waals surface area (Å²) in [5.74, 6) is -0.867. The molecule has 2 N–H and O–H groups in total. The third-order valence-electron chi connectivity index (χ3n) is 2.69. The first-order valence-corrected chi connectivity index (χ1v) is 6.13. The summed E-state index contributed by atoms with van der Waals surface area (Å²) in [6, 6.07) is 4.48. The zero-order chi connectivity index (χ0) is 13.8. The average molecular weight is 254 g/mol. The molecule has 1 rings (SSSR count). The fourth-order valence-corrected chi connectivity index (χ4v) is 2.12. The van der Waals surface area contributed by atoms with Crippen LogP contribution >= 0.6 is 0 Å². The van der Waals surface area contributed by atoms with E-state index < -0.39 is 5.82 Å². The molecule has 102 valence electrons. The third kappa shape index (κ3) is 5.02. The first-order chi connectivity index (χ1) is 8.30. The molecule has 0 aliphatic carbocycles. The Labute approximate surface area is 109 Å². The number of nitrogens with zero attached hydrogens (tertiary/aromatic N) is 1. The number of phenolic OH excluding ortho intramolecular Hbond substituents is 1. The van der Waals surface area contributed by atoms with Gasteiger partial charge in [0.05, 0.1) is 0 Å². The molecule has 0 bridgehead atoms. The number of rotatable bonds is 6. The number of hydrogen-bond acceptors (Lipinski definition) is 3. The summed E-state index contributed by atoms with van der Waals surface area (Å²) in [5, 5.41) is 12.4. The van der Waals surface area contributed by atoms with E-state index in [4.69, 9.17) is 5.11 Å². The van der Waals surface area contributed by atoms with Crippen LogP contribution in [-0.2, 0) is 6.54 Å². The molecule has 0 aromatic heterocycles. The Morgan fingerprint density at radius 2 is 2.00 bits per heavy atom. The summed E-state index contributed by atoms with van der Waals surface area (Å²) in [4.78, 5) is 2.15. The fourth-order valence-electron chi connectivity index (χ4n) is 2.12. The van der Waals surface area contributed by atoms with Gasteiger partial charge in [0.2, 0.25) is 0 Å². The number of hydrogen-bond donors (Lipinski definition) is 2. The lowest BCUT2D eigenvalue weighted by atomic mass is 9.93. The van der Waals surface area contributed by atoms with E-state index in [1.165, 1.54) is 12.1 Å². The summed E-state index contributed by atoms with van der Waals surface area (Å²) in [6.07, 6.45) is 0. The molecule has 0 atom stereocenters. The van der Waals surface area contributed by atoms with Gasteiger partial charge in [-0.2, -0.15) is 0 Å². The van der Waals surface area contributed by atoms with Crippen molar-refractivity contribution in [1.82, 2.24) is 10.2 Å². The number of nitrogens with one attached hydrogen (secondary N) is 1. The minimum absolute atomic E-state index is 0.166. The summed E-state index contributed by atoms with van der Waals surface area (Å²) < 4.78 is 13.1. The summed E-state index contributed by atoms with van der Waals surface area (Å²) in [7, 11) is 4.11. The summed E-state index contributed by atoms with van der Waals surface area (Å²) in [5.41, 5.74) is 1.00. The molecule has 0 saturated heterocycles. The van der Waals surface area contributed by atoms with Gasteiger partial charge in [-0.25, -0.2) is 4.39 Å². The molecule has 4 heteroatoms. The van der Waals surface area contributed by atoms with E-state index in [-0.39, 0.29) is 11.2 Å². The highest BCUT2D eigenvalue weighted by Crippen LogP contribution is 2.17. The molecule has 0 fully saturated rings. The quantitative estimate of drug-likeness (QED) is 0.817. The second kappa shape index (κ2) is 6.16. The van der Waals surface area contributed by atoms with Gasteiger partial charge in [0.1, 0.15) is 0 Å². The van der Waals surface area contributed by atoms with Gasteiger partial charge in [0.15, 0.2) is 11.6 Å². The first kappa shape index (κ1) is 14.9. The molecule has 0 radical (unpaired) electrons. The lowest BCUT2D eigenvalue weighted by Gasteiger charge is -2.28. The second-order valence-electron chi connectivity index (χ2n) is 5.79. The van der Waals surface area contributed by atoms with E-state index in [1.807, 2.05) is 0 Å². The Hall–Kier alpha value is -1.13. The van der Waals surface area contributed by atoms with Crippen molar-refractivity contribution < 1.29 is 9.50 Å². The van der Waals surface area contributed by atoms with Crippen LogP contribution in [0.2, 0.25) is 0 Å². The molecule has 0 heterocycles. The van der Waals surface area contributed by atoms with Crippen LogP contribution in [0.1, 0.15) is 19.4 Å². The molecule has 0 amide bonds. The van der Waals surface area contributed by atoms with E-state index in [0.717, 1.165) is 18.7 Å². The molecule has 0 unspecified atom stereocenters. The molecule has 1 aromatic rings. The fraction of sp³-hybridized carbons (Fsp3) is 0.571. The van der Waals surface area contributed by atoms with Gasteiger partial charge in [-0.15, -0.1) is 0 Å². The van der Waals surface area contributed by atoms with E-state index >= 15 is 0 Å². The van der Waals surface area contributed by atoms with Crippen LogP contribution in [0.25, 0.3) is 0 Å². The van der Waals surface area contributed by atoms with Crippen molar-refractivity contribution in [1.29, 1.82) is 0 Å². The Morgan fingerprint density at radius 1 is 1.33 bits per heavy atom. The van der Waals surface area contributed by atoms with Gasteiger partial charge < -0.3 is 15.3 Å². The SMILES string of the molecule is CN(C)CC(C)(C)CNCc1ccc(O)c(F)c1. The Morgan fingerprint density at radius 3 is 2.56 bits per heavy atom. The van der Waals surface area contributed by atoms with E-state index in [1.54, 1.807) is 6.07 Å². The third-order valence-corrected chi connectivity index (χ3v) is 2.69. The molecule has 0 aliphatic rings. The van der Waals surface area contributed by atoms with E-state index in [2.05, 4.69) is 38.2 Å². The van der Waals surface area contributed by atoms with Crippen molar-refractivity contribution in [2.45, 2.75) is 20.4 Å². The number of halogens is 1. The minimum Gasteiger partial charge on any atom is -0.505 e. The van der Waals surface area contributed by atoms with Crippen molar-refractivity contribution in [3.8, 4) is 5.75 Å². The Balaban J connectivity index is 2.43. The summed E-state index contributed by atoms with van der Waals surface area (Å²) in [6.45, 7) is 6.83. The van der Waals surface area contributed by atoms with Crippen LogP contribution in [0.3, 0.4) is 0 Å². The minimum atomic E-state index is -0.568. The topological polar surface area (TPSA) is 35.5 Å². The zero-order valence-electron chi connectivity index (χ0n) is 11.6. The smallest absolute Gasteiger partial charge is 0.165 e. The number of benzene rings is 1. The van der Waals surface area contributed by atoms with Gasteiger partial charge in [-0.1, -0.05) is 19.9 Å². The summed E-state index contributed by atoms with van der Waals surface area (Å²) >= 11 is 0. The standard InChI is InChI=1S/C14H23FN2O/c1-14(2,10-17(3)4)9-16-8-11-5-6-13(18)12(15)7-11/h5-7,16,18H,8-10H2,1-4H3. The molecule has 0 saturated carbocycles. The van der Waals surface area contributed by atoms with Gasteiger partial charge in [0, 0.05) is 19.6 Å². The van der Waals surface area contributed by atoms with Crippen LogP contribution in [-0.4, -0.2) is 37.2 Å². The van der Waals surface area contributed by atoms with Gasteiger partial charge >= 0.3 is 0 Å². The molecule has 18 heavy (non-hydrogen) atoms. The maximum absolute atomic E-state index is 13.1. The molecule has 0 aliphatic heterocycles. The van der Waals surface area contributed by atoms with Crippen LogP contribution < -0.4 is 5.32 Å². The highest BCUT2D eigenvalue weighted by atomic mass is 19.1. The highest BCUT2D eigenvalue weighted by molar-refractivity contribution is 5.27. The van der Waals surface area contributed by atoms with Gasteiger partial charge in [-0.05, 0) is 37.2 Å². The lowest BCUT2D eigenvalue weighted by molar-refractivity contribution is 0.232. The van der Waals surface area contributed by atoms with Crippen molar-refractivity contribution >= 4 is 0 Å².